The number of carbonyl (C=O) groups is 1. The van der Waals surface area contributed by atoms with Gasteiger partial charge < -0.3 is 10.0 Å². The lowest BCUT2D eigenvalue weighted by atomic mass is 10.3. The molecule has 0 aliphatic carbocycles. The van der Waals surface area contributed by atoms with Crippen LogP contribution in [0.1, 0.15) is 0 Å². The van der Waals surface area contributed by atoms with Crippen LogP contribution in [0.15, 0.2) is 68.4 Å². The third kappa shape index (κ3) is 2.79. The molecule has 4 rings (SSSR count). The number of amidine groups is 1. The van der Waals surface area contributed by atoms with Gasteiger partial charge in [0.15, 0.2) is 5.17 Å². The summed E-state index contributed by atoms with van der Waals surface area (Å²) in [6.45, 7) is 0. The van der Waals surface area contributed by atoms with Gasteiger partial charge in [0.05, 0.1) is 16.4 Å². The molecule has 1 fully saturated rings. The third-order valence-corrected chi connectivity index (χ3v) is 6.47. The number of likely N-dealkylation sites (N-methyl/N-ethyl adjacent to an activating group) is 1. The Labute approximate surface area is 154 Å². The van der Waals surface area contributed by atoms with E-state index in [-0.39, 0.29) is 11.7 Å². The minimum Gasteiger partial charge on any atom is -0.508 e. The van der Waals surface area contributed by atoms with E-state index < -0.39 is 0 Å². The topological polar surface area (TPSA) is 56.1 Å². The average Bonchev–Trinajstić information content (AvgIpc) is 3.09. The van der Waals surface area contributed by atoms with E-state index in [4.69, 9.17) is 0 Å². The van der Waals surface area contributed by atoms with Crippen LogP contribution in [0.5, 0.6) is 5.75 Å². The summed E-state index contributed by atoms with van der Waals surface area (Å²) < 4.78 is 0. The molecule has 2 heterocycles. The van der Waals surface area contributed by atoms with Crippen molar-refractivity contribution >= 4 is 46.0 Å². The lowest BCUT2D eigenvalue weighted by molar-refractivity contribution is -0.121. The fourth-order valence-electron chi connectivity index (χ4n) is 2.61. The van der Waals surface area contributed by atoms with Gasteiger partial charge in [0.2, 0.25) is 0 Å². The second-order valence-corrected chi connectivity index (χ2v) is 7.65. The summed E-state index contributed by atoms with van der Waals surface area (Å²) in [6.07, 6.45) is 0. The summed E-state index contributed by atoms with van der Waals surface area (Å²) >= 11 is 2.99. The molecule has 2 aromatic rings. The molecular weight excluding hydrogens is 354 g/mol. The molecule has 7 heteroatoms. The second kappa shape index (κ2) is 6.16. The number of carbonyl (C=O) groups excluding carboxylic acids is 1. The second-order valence-electron chi connectivity index (χ2n) is 5.64. The molecule has 2 aliphatic heterocycles. The minimum atomic E-state index is -0.0512. The first-order chi connectivity index (χ1) is 12.0. The van der Waals surface area contributed by atoms with Crippen molar-refractivity contribution in [3.8, 4) is 5.75 Å². The van der Waals surface area contributed by atoms with Crippen LogP contribution in [0.2, 0.25) is 0 Å². The first-order valence-corrected chi connectivity index (χ1v) is 9.26. The summed E-state index contributed by atoms with van der Waals surface area (Å²) in [5.41, 5.74) is 1.80. The number of benzene rings is 2. The Morgan fingerprint density at radius 1 is 0.960 bits per heavy atom. The van der Waals surface area contributed by atoms with Gasteiger partial charge in [-0.1, -0.05) is 23.9 Å². The maximum atomic E-state index is 12.7. The van der Waals surface area contributed by atoms with Crippen molar-refractivity contribution in [1.82, 2.24) is 4.90 Å². The number of phenolic OH excluding ortho intramolecular Hbond substituents is 1. The van der Waals surface area contributed by atoms with Crippen molar-refractivity contribution in [2.24, 2.45) is 4.99 Å². The summed E-state index contributed by atoms with van der Waals surface area (Å²) in [4.78, 5) is 22.7. The SMILES string of the molecule is CN1C(=O)/C(=C2/Sc3ccccc3N2C)SC1=Nc1ccc(O)cc1. The standard InChI is InChI=1S/C18H15N3O2S2/c1-20-13-5-3-4-6-14(13)24-17(20)15-16(23)21(2)18(25-15)19-11-7-9-12(22)10-8-11/h3-10,22H,1-2H3/b17-15-,19-18?. The van der Waals surface area contributed by atoms with E-state index in [1.807, 2.05) is 19.2 Å². The molecular formula is C18H15N3O2S2. The molecule has 0 atom stereocenters. The van der Waals surface area contributed by atoms with Gasteiger partial charge in [-0.05, 0) is 48.2 Å². The fourth-order valence-corrected chi connectivity index (χ4v) is 4.95. The van der Waals surface area contributed by atoms with Crippen molar-refractivity contribution in [1.29, 1.82) is 0 Å². The molecule has 1 N–H and O–H groups in total. The number of anilines is 1. The third-order valence-electron chi connectivity index (χ3n) is 3.99. The zero-order chi connectivity index (χ0) is 17.6. The van der Waals surface area contributed by atoms with Crippen molar-refractivity contribution in [3.63, 3.8) is 0 Å². The van der Waals surface area contributed by atoms with E-state index >= 15 is 0 Å². The first kappa shape index (κ1) is 16.1. The van der Waals surface area contributed by atoms with Gasteiger partial charge in [0, 0.05) is 19.0 Å². The number of amides is 1. The molecule has 0 aromatic heterocycles. The number of aromatic hydroxyl groups is 1. The molecule has 1 amide bonds. The van der Waals surface area contributed by atoms with E-state index in [1.54, 1.807) is 48.0 Å². The van der Waals surface area contributed by atoms with Crippen molar-refractivity contribution in [2.75, 3.05) is 19.0 Å². The monoisotopic (exact) mass is 369 g/mol. The normalized spacial score (nSPS) is 21.4. The number of hydrogen-bond acceptors (Lipinski definition) is 6. The summed E-state index contributed by atoms with van der Waals surface area (Å²) in [5.74, 6) is 0.140. The molecule has 5 nitrogen and oxygen atoms in total. The molecule has 0 unspecified atom stereocenters. The van der Waals surface area contributed by atoms with E-state index in [0.717, 1.165) is 15.6 Å². The van der Waals surface area contributed by atoms with Crippen molar-refractivity contribution in [3.05, 3.63) is 58.5 Å². The zero-order valence-electron chi connectivity index (χ0n) is 13.6. The Balaban J connectivity index is 1.69. The lowest BCUT2D eigenvalue weighted by Gasteiger charge is -2.14. The van der Waals surface area contributed by atoms with Gasteiger partial charge in [0.25, 0.3) is 5.91 Å². The fraction of sp³-hybridized carbons (Fsp3) is 0.111. The van der Waals surface area contributed by atoms with Gasteiger partial charge in [-0.15, -0.1) is 0 Å². The predicted octanol–water partition coefficient (Wildman–Crippen LogP) is 4.00. The highest BCUT2D eigenvalue weighted by Gasteiger charge is 2.37. The molecule has 0 bridgehead atoms. The number of nitrogens with zero attached hydrogens (tertiary/aromatic N) is 3. The van der Waals surface area contributed by atoms with Crippen molar-refractivity contribution in [2.45, 2.75) is 4.90 Å². The first-order valence-electron chi connectivity index (χ1n) is 7.63. The van der Waals surface area contributed by atoms with Gasteiger partial charge in [-0.2, -0.15) is 0 Å². The summed E-state index contributed by atoms with van der Waals surface area (Å²) in [7, 11) is 3.71. The molecule has 0 saturated carbocycles. The van der Waals surface area contributed by atoms with Crippen LogP contribution in [0, 0.1) is 0 Å². The average molecular weight is 369 g/mol. The number of para-hydroxylation sites is 1. The van der Waals surface area contributed by atoms with Crippen LogP contribution in [0.4, 0.5) is 11.4 Å². The molecule has 25 heavy (non-hydrogen) atoms. The van der Waals surface area contributed by atoms with Gasteiger partial charge in [0.1, 0.15) is 10.7 Å². The van der Waals surface area contributed by atoms with Crippen molar-refractivity contribution < 1.29 is 9.90 Å². The smallest absolute Gasteiger partial charge is 0.269 e. The summed E-state index contributed by atoms with van der Waals surface area (Å²) in [5, 5.41) is 10.9. The Kier molecular flexibility index (Phi) is 3.97. The maximum Gasteiger partial charge on any atom is 0.269 e. The zero-order valence-corrected chi connectivity index (χ0v) is 15.3. The van der Waals surface area contributed by atoms with E-state index in [0.29, 0.717) is 15.8 Å². The maximum absolute atomic E-state index is 12.7. The molecule has 0 spiro atoms. The largest absolute Gasteiger partial charge is 0.508 e. The molecule has 1 saturated heterocycles. The highest BCUT2D eigenvalue weighted by molar-refractivity contribution is 8.19. The number of thioether (sulfide) groups is 2. The van der Waals surface area contributed by atoms with Crippen LogP contribution in [-0.2, 0) is 4.79 Å². The minimum absolute atomic E-state index is 0.0512. The Morgan fingerprint density at radius 3 is 2.40 bits per heavy atom. The summed E-state index contributed by atoms with van der Waals surface area (Å²) in [6, 6.07) is 14.7. The van der Waals surface area contributed by atoms with Gasteiger partial charge in [-0.25, -0.2) is 4.99 Å². The van der Waals surface area contributed by atoms with Crippen LogP contribution >= 0.6 is 23.5 Å². The quantitative estimate of drug-likeness (QED) is 0.770. The number of phenols is 1. The highest BCUT2D eigenvalue weighted by atomic mass is 32.2. The van der Waals surface area contributed by atoms with E-state index in [1.165, 1.54) is 11.8 Å². The highest BCUT2D eigenvalue weighted by Crippen LogP contribution is 2.49. The number of hydrogen-bond donors (Lipinski definition) is 1. The number of aliphatic imine (C=N–C) groups is 1. The number of rotatable bonds is 1. The Morgan fingerprint density at radius 2 is 1.68 bits per heavy atom. The van der Waals surface area contributed by atoms with Crippen LogP contribution < -0.4 is 4.90 Å². The molecule has 126 valence electrons. The molecule has 2 aromatic carbocycles. The molecule has 2 aliphatic rings. The van der Waals surface area contributed by atoms with Crippen LogP contribution in [0.3, 0.4) is 0 Å². The number of fused-ring (bicyclic) bond motifs is 1. The van der Waals surface area contributed by atoms with Gasteiger partial charge >= 0.3 is 0 Å². The van der Waals surface area contributed by atoms with E-state index in [9.17, 15) is 9.90 Å². The van der Waals surface area contributed by atoms with Crippen LogP contribution in [0.25, 0.3) is 0 Å². The van der Waals surface area contributed by atoms with Crippen LogP contribution in [-0.4, -0.2) is 35.2 Å². The van der Waals surface area contributed by atoms with Gasteiger partial charge in [-0.3, -0.25) is 9.69 Å². The molecule has 0 radical (unpaired) electrons. The van der Waals surface area contributed by atoms with E-state index in [2.05, 4.69) is 22.0 Å². The Hall–Kier alpha value is -2.38. The lowest BCUT2D eigenvalue weighted by Crippen LogP contribution is -2.24. The predicted molar refractivity (Wildman–Crippen MR) is 103 cm³/mol. The Bertz CT molecular complexity index is 922.